The van der Waals surface area contributed by atoms with E-state index in [1.54, 1.807) is 6.07 Å². The molecule has 0 saturated heterocycles. The van der Waals surface area contributed by atoms with E-state index in [0.717, 1.165) is 15.7 Å². The van der Waals surface area contributed by atoms with Gasteiger partial charge in [0.1, 0.15) is 5.82 Å². The van der Waals surface area contributed by atoms with Gasteiger partial charge >= 0.3 is 0 Å². The van der Waals surface area contributed by atoms with E-state index in [1.807, 2.05) is 0 Å². The van der Waals surface area contributed by atoms with E-state index in [2.05, 4.69) is 53.3 Å². The van der Waals surface area contributed by atoms with Crippen LogP contribution < -0.4 is 5.32 Å². The van der Waals surface area contributed by atoms with Crippen molar-refractivity contribution in [2.75, 3.05) is 5.32 Å². The molecule has 0 bridgehead atoms. The van der Waals surface area contributed by atoms with E-state index < -0.39 is 0 Å². The first-order valence-corrected chi connectivity index (χ1v) is 6.60. The van der Waals surface area contributed by atoms with Crippen LogP contribution in [0.4, 0.5) is 10.1 Å². The molecule has 0 fully saturated rings. The molecule has 18 heavy (non-hydrogen) atoms. The lowest BCUT2D eigenvalue weighted by Crippen LogP contribution is -2.02. The van der Waals surface area contributed by atoms with Gasteiger partial charge in [-0.2, -0.15) is 0 Å². The van der Waals surface area contributed by atoms with Gasteiger partial charge in [-0.3, -0.25) is 0 Å². The van der Waals surface area contributed by atoms with Crippen LogP contribution in [0.3, 0.4) is 0 Å². The lowest BCUT2D eigenvalue weighted by Gasteiger charge is -2.11. The van der Waals surface area contributed by atoms with Gasteiger partial charge in [-0.25, -0.2) is 4.39 Å². The Morgan fingerprint density at radius 2 is 1.89 bits per heavy atom. The highest BCUT2D eigenvalue weighted by Gasteiger charge is 2.03. The number of nitrogens with one attached hydrogen (secondary N) is 1. The van der Waals surface area contributed by atoms with Crippen molar-refractivity contribution in [3.63, 3.8) is 0 Å². The molecule has 0 spiro atoms. The largest absolute Gasteiger partial charge is 0.381 e. The van der Waals surface area contributed by atoms with Crippen LogP contribution in [0, 0.1) is 19.7 Å². The molecule has 94 valence electrons. The van der Waals surface area contributed by atoms with Gasteiger partial charge in [0.25, 0.3) is 0 Å². The van der Waals surface area contributed by atoms with Crippen LogP contribution in [-0.4, -0.2) is 0 Å². The summed E-state index contributed by atoms with van der Waals surface area (Å²) in [5, 5.41) is 3.36. The second kappa shape index (κ2) is 5.53. The maximum absolute atomic E-state index is 13.0. The third-order valence-corrected chi connectivity index (χ3v) is 3.60. The molecule has 0 aromatic heterocycles. The summed E-state index contributed by atoms with van der Waals surface area (Å²) in [7, 11) is 0. The van der Waals surface area contributed by atoms with Gasteiger partial charge in [0.05, 0.1) is 0 Å². The lowest BCUT2D eigenvalue weighted by molar-refractivity contribution is 0.626. The standard InChI is InChI=1S/C15H15BrFN/c1-10-3-6-15(11(2)7-10)18-9-12-4-5-13(17)8-14(12)16/h3-8,18H,9H2,1-2H3. The highest BCUT2D eigenvalue weighted by atomic mass is 79.9. The van der Waals surface area contributed by atoms with E-state index in [4.69, 9.17) is 0 Å². The Bertz CT molecular complexity index is 515. The van der Waals surface area contributed by atoms with Crippen LogP contribution >= 0.6 is 15.9 Å². The minimum atomic E-state index is -0.225. The number of hydrogen-bond acceptors (Lipinski definition) is 1. The van der Waals surface area contributed by atoms with Crippen molar-refractivity contribution in [1.29, 1.82) is 0 Å². The summed E-state index contributed by atoms with van der Waals surface area (Å²) in [5.41, 5.74) is 4.61. The van der Waals surface area contributed by atoms with Crippen LogP contribution in [0.1, 0.15) is 16.7 Å². The van der Waals surface area contributed by atoms with Crippen LogP contribution in [0.25, 0.3) is 0 Å². The van der Waals surface area contributed by atoms with Gasteiger partial charge in [-0.15, -0.1) is 0 Å². The van der Waals surface area contributed by atoms with Gasteiger partial charge in [0, 0.05) is 16.7 Å². The zero-order valence-electron chi connectivity index (χ0n) is 10.4. The molecule has 0 heterocycles. The molecule has 1 N–H and O–H groups in total. The molecule has 0 aliphatic heterocycles. The molecule has 0 amide bonds. The zero-order chi connectivity index (χ0) is 13.1. The van der Waals surface area contributed by atoms with Crippen molar-refractivity contribution in [2.24, 2.45) is 0 Å². The summed E-state index contributed by atoms with van der Waals surface area (Å²) in [6.45, 7) is 4.83. The Labute approximate surface area is 115 Å². The fourth-order valence-corrected chi connectivity index (χ4v) is 2.36. The predicted molar refractivity (Wildman–Crippen MR) is 77.3 cm³/mol. The second-order valence-corrected chi connectivity index (χ2v) is 5.26. The first kappa shape index (κ1) is 13.1. The second-order valence-electron chi connectivity index (χ2n) is 4.41. The van der Waals surface area contributed by atoms with E-state index in [9.17, 15) is 4.39 Å². The molecular weight excluding hydrogens is 293 g/mol. The normalized spacial score (nSPS) is 10.4. The van der Waals surface area contributed by atoms with Crippen molar-refractivity contribution in [3.05, 3.63) is 63.4 Å². The van der Waals surface area contributed by atoms with Crippen LogP contribution in [0.15, 0.2) is 40.9 Å². The van der Waals surface area contributed by atoms with Gasteiger partial charge < -0.3 is 5.32 Å². The molecule has 0 aliphatic carbocycles. The summed E-state index contributed by atoms with van der Waals surface area (Å²) in [4.78, 5) is 0. The van der Waals surface area contributed by atoms with Crippen molar-refractivity contribution >= 4 is 21.6 Å². The quantitative estimate of drug-likeness (QED) is 0.857. The van der Waals surface area contributed by atoms with E-state index in [0.29, 0.717) is 6.54 Å². The first-order chi connectivity index (χ1) is 8.56. The molecule has 2 aromatic rings. The number of hydrogen-bond donors (Lipinski definition) is 1. The maximum atomic E-state index is 13.0. The third kappa shape index (κ3) is 3.10. The van der Waals surface area contributed by atoms with Gasteiger partial charge in [-0.05, 0) is 43.2 Å². The monoisotopic (exact) mass is 307 g/mol. The van der Waals surface area contributed by atoms with Gasteiger partial charge in [-0.1, -0.05) is 39.7 Å². The molecule has 0 unspecified atom stereocenters. The van der Waals surface area contributed by atoms with Gasteiger partial charge in [0.2, 0.25) is 0 Å². The molecular formula is C15H15BrFN. The smallest absolute Gasteiger partial charge is 0.124 e. The van der Waals surface area contributed by atoms with Crippen LogP contribution in [0.5, 0.6) is 0 Å². The highest BCUT2D eigenvalue weighted by molar-refractivity contribution is 9.10. The molecule has 0 aliphatic rings. The Balaban J connectivity index is 2.11. The minimum absolute atomic E-state index is 0.225. The Kier molecular flexibility index (Phi) is 4.02. The SMILES string of the molecule is Cc1ccc(NCc2ccc(F)cc2Br)c(C)c1. The van der Waals surface area contributed by atoms with Crippen molar-refractivity contribution in [3.8, 4) is 0 Å². The molecule has 1 nitrogen and oxygen atoms in total. The van der Waals surface area contributed by atoms with Crippen LogP contribution in [-0.2, 0) is 6.54 Å². The molecule has 0 radical (unpaired) electrons. The average molecular weight is 308 g/mol. The Hall–Kier alpha value is -1.35. The van der Waals surface area contributed by atoms with Gasteiger partial charge in [0.15, 0.2) is 0 Å². The summed E-state index contributed by atoms with van der Waals surface area (Å²) in [6.07, 6.45) is 0. The van der Waals surface area contributed by atoms with E-state index in [-0.39, 0.29) is 5.82 Å². The Morgan fingerprint density at radius 1 is 1.11 bits per heavy atom. The number of anilines is 1. The fraction of sp³-hybridized carbons (Fsp3) is 0.200. The van der Waals surface area contributed by atoms with Crippen molar-refractivity contribution < 1.29 is 4.39 Å². The molecule has 2 aromatic carbocycles. The predicted octanol–water partition coefficient (Wildman–Crippen LogP) is 4.82. The fourth-order valence-electron chi connectivity index (χ4n) is 1.87. The number of aryl methyl sites for hydroxylation is 2. The third-order valence-electron chi connectivity index (χ3n) is 2.87. The summed E-state index contributed by atoms with van der Waals surface area (Å²) >= 11 is 3.37. The molecule has 3 heteroatoms. The summed E-state index contributed by atoms with van der Waals surface area (Å²) in [5.74, 6) is -0.225. The Morgan fingerprint density at radius 3 is 2.56 bits per heavy atom. The molecule has 0 atom stereocenters. The van der Waals surface area contributed by atoms with Crippen molar-refractivity contribution in [1.82, 2.24) is 0 Å². The molecule has 2 rings (SSSR count). The van der Waals surface area contributed by atoms with Crippen molar-refractivity contribution in [2.45, 2.75) is 20.4 Å². The molecule has 0 saturated carbocycles. The average Bonchev–Trinajstić information content (AvgIpc) is 2.30. The zero-order valence-corrected chi connectivity index (χ0v) is 12.0. The number of benzene rings is 2. The number of rotatable bonds is 3. The van der Waals surface area contributed by atoms with Crippen LogP contribution in [0.2, 0.25) is 0 Å². The number of halogens is 2. The lowest BCUT2D eigenvalue weighted by atomic mass is 10.1. The highest BCUT2D eigenvalue weighted by Crippen LogP contribution is 2.21. The first-order valence-electron chi connectivity index (χ1n) is 5.81. The maximum Gasteiger partial charge on any atom is 0.124 e. The summed E-state index contributed by atoms with van der Waals surface area (Å²) in [6, 6.07) is 11.0. The van der Waals surface area contributed by atoms with E-state index >= 15 is 0 Å². The summed E-state index contributed by atoms with van der Waals surface area (Å²) < 4.78 is 13.8. The topological polar surface area (TPSA) is 12.0 Å². The van der Waals surface area contributed by atoms with E-state index in [1.165, 1.54) is 23.3 Å². The minimum Gasteiger partial charge on any atom is -0.381 e.